The Morgan fingerprint density at radius 2 is 1.97 bits per heavy atom. The van der Waals surface area contributed by atoms with Crippen LogP contribution in [-0.2, 0) is 9.59 Å². The van der Waals surface area contributed by atoms with Gasteiger partial charge in [0.15, 0.2) is 6.04 Å². The number of urea groups is 1. The highest BCUT2D eigenvalue weighted by Gasteiger charge is 2.28. The molecule has 1 aromatic carbocycles. The summed E-state index contributed by atoms with van der Waals surface area (Å²) in [5, 5.41) is 35.5. The van der Waals surface area contributed by atoms with Gasteiger partial charge < -0.3 is 30.5 Å². The van der Waals surface area contributed by atoms with Crippen molar-refractivity contribution < 1.29 is 38.6 Å². The second kappa shape index (κ2) is 9.59. The fraction of sp³-hybridized carbons (Fsp3) is 0.353. The maximum Gasteiger partial charge on any atom is 0.328 e. The SMILES string of the molecule is C[C@H](O)[C@H](NC(=O)N[C@@H](CCC(=O)O)c1nc(-c2cccc(F)c2)no1)C(=O)O. The van der Waals surface area contributed by atoms with Gasteiger partial charge in [0.2, 0.25) is 11.7 Å². The number of aromatic nitrogens is 2. The minimum absolute atomic E-state index is 0.0226. The molecule has 0 aliphatic rings. The van der Waals surface area contributed by atoms with Crippen LogP contribution in [0.25, 0.3) is 11.4 Å². The molecule has 5 N–H and O–H groups in total. The molecule has 0 aliphatic heterocycles. The number of rotatable bonds is 9. The van der Waals surface area contributed by atoms with Crippen LogP contribution in [0.15, 0.2) is 28.8 Å². The fourth-order valence-corrected chi connectivity index (χ4v) is 2.38. The smallest absolute Gasteiger partial charge is 0.328 e. The number of carbonyl (C=O) groups excluding carboxylic acids is 1. The molecule has 11 nitrogen and oxygen atoms in total. The molecule has 2 aromatic rings. The summed E-state index contributed by atoms with van der Waals surface area (Å²) in [7, 11) is 0. The monoisotopic (exact) mass is 410 g/mol. The van der Waals surface area contributed by atoms with Crippen molar-refractivity contribution in [3.05, 3.63) is 36.0 Å². The van der Waals surface area contributed by atoms with Crippen molar-refractivity contribution in [3.8, 4) is 11.4 Å². The van der Waals surface area contributed by atoms with E-state index >= 15 is 0 Å². The molecule has 0 spiro atoms. The summed E-state index contributed by atoms with van der Waals surface area (Å²) in [6, 6.07) is 1.73. The molecule has 0 saturated heterocycles. The summed E-state index contributed by atoms with van der Waals surface area (Å²) in [6.45, 7) is 1.18. The lowest BCUT2D eigenvalue weighted by molar-refractivity contribution is -0.141. The Kier molecular flexibility index (Phi) is 7.20. The number of nitrogens with one attached hydrogen (secondary N) is 2. The number of nitrogens with zero attached hydrogens (tertiary/aromatic N) is 2. The number of carboxylic acids is 2. The van der Waals surface area contributed by atoms with Crippen molar-refractivity contribution in [2.45, 2.75) is 38.0 Å². The standard InChI is InChI=1S/C17H19FN4O7/c1-8(23)13(16(26)27)20-17(28)19-11(5-6-12(24)25)15-21-14(22-29-15)9-3-2-4-10(18)7-9/h2-4,7-8,11,13,23H,5-6H2,1H3,(H,24,25)(H,26,27)(H2,19,20,28)/t8-,11-,13-/m0/s1. The van der Waals surface area contributed by atoms with Crippen LogP contribution in [0.2, 0.25) is 0 Å². The van der Waals surface area contributed by atoms with Crippen LogP contribution in [0.4, 0.5) is 9.18 Å². The van der Waals surface area contributed by atoms with Crippen molar-refractivity contribution in [2.75, 3.05) is 0 Å². The van der Waals surface area contributed by atoms with Crippen LogP contribution in [0.1, 0.15) is 31.7 Å². The minimum atomic E-state index is -1.58. The molecule has 2 amide bonds. The second-order valence-corrected chi connectivity index (χ2v) is 6.13. The molecule has 3 atom stereocenters. The zero-order valence-corrected chi connectivity index (χ0v) is 15.2. The van der Waals surface area contributed by atoms with E-state index in [2.05, 4.69) is 20.8 Å². The van der Waals surface area contributed by atoms with Crippen molar-refractivity contribution in [2.24, 2.45) is 0 Å². The van der Waals surface area contributed by atoms with Crippen LogP contribution < -0.4 is 10.6 Å². The summed E-state index contributed by atoms with van der Waals surface area (Å²) < 4.78 is 18.4. The summed E-state index contributed by atoms with van der Waals surface area (Å²) in [5.74, 6) is -3.25. The van der Waals surface area contributed by atoms with Gasteiger partial charge in [0.25, 0.3) is 0 Å². The van der Waals surface area contributed by atoms with Crippen molar-refractivity contribution in [3.63, 3.8) is 0 Å². The Bertz CT molecular complexity index is 886. The van der Waals surface area contributed by atoms with Gasteiger partial charge in [-0.3, -0.25) is 4.79 Å². The number of aliphatic carboxylic acids is 2. The zero-order valence-electron chi connectivity index (χ0n) is 15.2. The topological polar surface area (TPSA) is 175 Å². The Hall–Kier alpha value is -3.54. The van der Waals surface area contributed by atoms with Crippen LogP contribution in [0.3, 0.4) is 0 Å². The quantitative estimate of drug-likeness (QED) is 0.402. The average molecular weight is 410 g/mol. The van der Waals surface area contributed by atoms with Crippen LogP contribution in [0.5, 0.6) is 0 Å². The Balaban J connectivity index is 2.19. The predicted octanol–water partition coefficient (Wildman–Crippen LogP) is 0.915. The number of carboxylic acid groups (broad SMARTS) is 2. The molecular weight excluding hydrogens is 391 g/mol. The van der Waals surface area contributed by atoms with Gasteiger partial charge in [-0.05, 0) is 25.5 Å². The number of amides is 2. The molecule has 0 fully saturated rings. The fourth-order valence-electron chi connectivity index (χ4n) is 2.38. The first-order valence-electron chi connectivity index (χ1n) is 8.46. The van der Waals surface area contributed by atoms with E-state index in [4.69, 9.17) is 14.7 Å². The van der Waals surface area contributed by atoms with Crippen LogP contribution >= 0.6 is 0 Å². The molecule has 0 radical (unpaired) electrons. The van der Waals surface area contributed by atoms with Crippen molar-refractivity contribution in [1.29, 1.82) is 0 Å². The Morgan fingerprint density at radius 3 is 2.55 bits per heavy atom. The lowest BCUT2D eigenvalue weighted by atomic mass is 10.1. The number of aliphatic hydroxyl groups is 1. The number of hydrogen-bond donors (Lipinski definition) is 5. The summed E-state index contributed by atoms with van der Waals surface area (Å²) >= 11 is 0. The highest BCUT2D eigenvalue weighted by atomic mass is 19.1. The molecular formula is C17H19FN4O7. The van der Waals surface area contributed by atoms with Gasteiger partial charge in [-0.15, -0.1) is 0 Å². The molecule has 1 aromatic heterocycles. The third-order valence-corrected chi connectivity index (χ3v) is 3.81. The lowest BCUT2D eigenvalue weighted by Crippen LogP contribution is -2.51. The van der Waals surface area contributed by atoms with E-state index in [1.165, 1.54) is 31.2 Å². The molecule has 2 rings (SSSR count). The van der Waals surface area contributed by atoms with E-state index in [1.807, 2.05) is 0 Å². The van der Waals surface area contributed by atoms with Gasteiger partial charge in [-0.25, -0.2) is 14.0 Å². The molecule has 0 unspecified atom stereocenters. The number of benzene rings is 1. The van der Waals surface area contributed by atoms with E-state index in [0.29, 0.717) is 5.56 Å². The van der Waals surface area contributed by atoms with Crippen LogP contribution in [-0.4, -0.2) is 55.6 Å². The molecule has 0 bridgehead atoms. The van der Waals surface area contributed by atoms with Gasteiger partial charge in [0.1, 0.15) is 11.9 Å². The number of hydrogen-bond acceptors (Lipinski definition) is 7. The van der Waals surface area contributed by atoms with Gasteiger partial charge in [-0.1, -0.05) is 17.3 Å². The number of halogens is 1. The normalized spacial score (nSPS) is 13.9. The average Bonchev–Trinajstić information content (AvgIpc) is 3.12. The van der Waals surface area contributed by atoms with E-state index in [1.54, 1.807) is 0 Å². The molecule has 12 heteroatoms. The summed E-state index contributed by atoms with van der Waals surface area (Å²) in [5.41, 5.74) is 0.307. The minimum Gasteiger partial charge on any atom is -0.481 e. The van der Waals surface area contributed by atoms with Gasteiger partial charge >= 0.3 is 18.0 Å². The number of aliphatic hydroxyl groups excluding tert-OH is 1. The van der Waals surface area contributed by atoms with Gasteiger partial charge in [0.05, 0.1) is 6.10 Å². The third-order valence-electron chi connectivity index (χ3n) is 3.81. The van der Waals surface area contributed by atoms with E-state index in [0.717, 1.165) is 0 Å². The van der Waals surface area contributed by atoms with Crippen molar-refractivity contribution >= 4 is 18.0 Å². The molecule has 0 aliphatic carbocycles. The first-order valence-corrected chi connectivity index (χ1v) is 8.46. The predicted molar refractivity (Wildman–Crippen MR) is 94.1 cm³/mol. The molecule has 0 saturated carbocycles. The molecule has 29 heavy (non-hydrogen) atoms. The third kappa shape index (κ3) is 6.24. The molecule has 156 valence electrons. The van der Waals surface area contributed by atoms with Gasteiger partial charge in [-0.2, -0.15) is 4.98 Å². The maximum atomic E-state index is 13.4. The summed E-state index contributed by atoms with van der Waals surface area (Å²) in [6.07, 6.45) is -1.87. The first kappa shape index (κ1) is 21.8. The van der Waals surface area contributed by atoms with E-state index in [-0.39, 0.29) is 24.6 Å². The van der Waals surface area contributed by atoms with E-state index < -0.39 is 42.0 Å². The second-order valence-electron chi connectivity index (χ2n) is 6.13. The highest BCUT2D eigenvalue weighted by molar-refractivity contribution is 5.83. The summed E-state index contributed by atoms with van der Waals surface area (Å²) in [4.78, 5) is 38.2. The Morgan fingerprint density at radius 1 is 1.24 bits per heavy atom. The number of carbonyl (C=O) groups is 3. The van der Waals surface area contributed by atoms with Gasteiger partial charge in [0, 0.05) is 12.0 Å². The van der Waals surface area contributed by atoms with Crippen molar-refractivity contribution in [1.82, 2.24) is 20.8 Å². The largest absolute Gasteiger partial charge is 0.481 e. The zero-order chi connectivity index (χ0) is 21.6. The maximum absolute atomic E-state index is 13.4. The van der Waals surface area contributed by atoms with Crippen LogP contribution in [0, 0.1) is 5.82 Å². The highest BCUT2D eigenvalue weighted by Crippen LogP contribution is 2.22. The lowest BCUT2D eigenvalue weighted by Gasteiger charge is -2.20. The Labute approximate surface area is 163 Å². The van der Waals surface area contributed by atoms with E-state index in [9.17, 15) is 23.9 Å². The first-order chi connectivity index (χ1) is 13.7. The molecule has 1 heterocycles.